The highest BCUT2D eigenvalue weighted by atomic mass is 32.2. The second kappa shape index (κ2) is 10.1. The highest BCUT2D eigenvalue weighted by Crippen LogP contribution is 2.28. The predicted molar refractivity (Wildman–Crippen MR) is 124 cm³/mol. The number of halogens is 1. The lowest BCUT2D eigenvalue weighted by atomic mass is 9.93. The SMILES string of the molecule is CC(C)c1noc(C(=O)N2CCC(c3cccc(COc4ccc(S(C)(=O)=O)cc4F)n3)CC2)n1. The first-order chi connectivity index (χ1) is 16.6. The van der Waals surface area contributed by atoms with Crippen molar-refractivity contribution < 1.29 is 26.9 Å². The van der Waals surface area contributed by atoms with Crippen LogP contribution in [0, 0.1) is 5.82 Å². The molecule has 3 heterocycles. The zero-order valence-electron chi connectivity index (χ0n) is 19.8. The zero-order chi connectivity index (χ0) is 25.2. The summed E-state index contributed by atoms with van der Waals surface area (Å²) in [5, 5.41) is 3.86. The van der Waals surface area contributed by atoms with Crippen molar-refractivity contribution >= 4 is 15.7 Å². The fourth-order valence-electron chi connectivity index (χ4n) is 3.86. The topological polar surface area (TPSA) is 115 Å². The largest absolute Gasteiger partial charge is 0.484 e. The minimum absolute atomic E-state index is 0.0150. The number of pyridine rings is 1. The molecule has 1 fully saturated rings. The molecule has 0 bridgehead atoms. The maximum atomic E-state index is 14.3. The Morgan fingerprint density at radius 1 is 1.20 bits per heavy atom. The van der Waals surface area contributed by atoms with Gasteiger partial charge in [-0.3, -0.25) is 9.78 Å². The van der Waals surface area contributed by atoms with Crippen molar-refractivity contribution in [2.75, 3.05) is 19.3 Å². The summed E-state index contributed by atoms with van der Waals surface area (Å²) < 4.78 is 48.1. The van der Waals surface area contributed by atoms with E-state index in [1.807, 2.05) is 26.0 Å². The maximum Gasteiger partial charge on any atom is 0.316 e. The second-order valence-electron chi connectivity index (χ2n) is 8.89. The Kier molecular flexibility index (Phi) is 7.15. The van der Waals surface area contributed by atoms with E-state index in [9.17, 15) is 17.6 Å². The average Bonchev–Trinajstić information content (AvgIpc) is 3.33. The van der Waals surface area contributed by atoms with E-state index < -0.39 is 15.7 Å². The van der Waals surface area contributed by atoms with E-state index in [0.29, 0.717) is 24.6 Å². The normalized spacial score (nSPS) is 14.9. The molecule has 0 saturated carbocycles. The van der Waals surface area contributed by atoms with Gasteiger partial charge in [0, 0.05) is 36.9 Å². The third kappa shape index (κ3) is 5.84. The summed E-state index contributed by atoms with van der Waals surface area (Å²) in [5.41, 5.74) is 1.51. The number of ether oxygens (including phenoxy) is 1. The third-order valence-corrected chi connectivity index (χ3v) is 6.99. The first-order valence-corrected chi connectivity index (χ1v) is 13.2. The lowest BCUT2D eigenvalue weighted by Gasteiger charge is -2.30. The van der Waals surface area contributed by atoms with Crippen LogP contribution >= 0.6 is 0 Å². The molecule has 11 heteroatoms. The van der Waals surface area contributed by atoms with E-state index in [-0.39, 0.29) is 40.9 Å². The molecule has 35 heavy (non-hydrogen) atoms. The molecule has 1 aromatic carbocycles. The molecule has 3 aromatic rings. The van der Waals surface area contributed by atoms with Gasteiger partial charge in [-0.15, -0.1) is 0 Å². The number of aromatic nitrogens is 3. The fourth-order valence-corrected chi connectivity index (χ4v) is 4.49. The van der Waals surface area contributed by atoms with Crippen LogP contribution < -0.4 is 4.74 Å². The van der Waals surface area contributed by atoms with Crippen molar-refractivity contribution in [1.29, 1.82) is 0 Å². The van der Waals surface area contributed by atoms with Crippen LogP contribution in [0.4, 0.5) is 4.39 Å². The van der Waals surface area contributed by atoms with E-state index in [4.69, 9.17) is 9.26 Å². The highest BCUT2D eigenvalue weighted by molar-refractivity contribution is 7.90. The molecule has 0 aliphatic carbocycles. The van der Waals surface area contributed by atoms with Crippen LogP contribution in [-0.2, 0) is 16.4 Å². The Bertz CT molecular complexity index is 1320. The zero-order valence-corrected chi connectivity index (χ0v) is 20.6. The van der Waals surface area contributed by atoms with Gasteiger partial charge < -0.3 is 14.2 Å². The van der Waals surface area contributed by atoms with Crippen LogP contribution in [0.25, 0.3) is 0 Å². The van der Waals surface area contributed by atoms with Gasteiger partial charge in [-0.1, -0.05) is 25.1 Å². The smallest absolute Gasteiger partial charge is 0.316 e. The van der Waals surface area contributed by atoms with Crippen LogP contribution in [-0.4, -0.2) is 53.7 Å². The van der Waals surface area contributed by atoms with Gasteiger partial charge in [0.2, 0.25) is 0 Å². The molecule has 9 nitrogen and oxygen atoms in total. The summed E-state index contributed by atoms with van der Waals surface area (Å²) in [7, 11) is -3.50. The molecule has 0 spiro atoms. The molecule has 4 rings (SSSR count). The number of likely N-dealkylation sites (tertiary alicyclic amines) is 1. The summed E-state index contributed by atoms with van der Waals surface area (Å²) >= 11 is 0. The Labute approximate surface area is 203 Å². The molecular weight excluding hydrogens is 475 g/mol. The van der Waals surface area contributed by atoms with Gasteiger partial charge in [0.1, 0.15) is 6.61 Å². The minimum Gasteiger partial charge on any atom is -0.484 e. The van der Waals surface area contributed by atoms with Crippen molar-refractivity contribution in [3.63, 3.8) is 0 Å². The molecule has 1 amide bonds. The van der Waals surface area contributed by atoms with Crippen LogP contribution in [0.3, 0.4) is 0 Å². The van der Waals surface area contributed by atoms with Crippen LogP contribution in [0.1, 0.15) is 66.4 Å². The van der Waals surface area contributed by atoms with Crippen molar-refractivity contribution in [2.24, 2.45) is 0 Å². The van der Waals surface area contributed by atoms with Gasteiger partial charge in [0.15, 0.2) is 27.2 Å². The number of carbonyl (C=O) groups excluding carboxylic acids is 1. The van der Waals surface area contributed by atoms with E-state index in [0.717, 1.165) is 30.9 Å². The van der Waals surface area contributed by atoms with Gasteiger partial charge in [-0.05, 0) is 43.2 Å². The lowest BCUT2D eigenvalue weighted by molar-refractivity contribution is 0.0662. The van der Waals surface area contributed by atoms with Crippen molar-refractivity contribution in [3.05, 3.63) is 65.3 Å². The van der Waals surface area contributed by atoms with E-state index in [1.54, 1.807) is 11.0 Å². The van der Waals surface area contributed by atoms with Gasteiger partial charge in [0.25, 0.3) is 0 Å². The minimum atomic E-state index is -3.50. The number of sulfone groups is 1. The highest BCUT2D eigenvalue weighted by Gasteiger charge is 2.28. The average molecular weight is 503 g/mol. The molecule has 1 aliphatic rings. The molecular formula is C24H27FN4O5S. The Morgan fingerprint density at radius 3 is 2.57 bits per heavy atom. The molecule has 1 aliphatic heterocycles. The molecule has 0 radical (unpaired) electrons. The predicted octanol–water partition coefficient (Wildman–Crippen LogP) is 3.73. The van der Waals surface area contributed by atoms with Crippen molar-refractivity contribution in [3.8, 4) is 5.75 Å². The Morgan fingerprint density at radius 2 is 1.94 bits per heavy atom. The number of nitrogens with zero attached hydrogens (tertiary/aromatic N) is 4. The first-order valence-electron chi connectivity index (χ1n) is 11.3. The summed E-state index contributed by atoms with van der Waals surface area (Å²) in [6.45, 7) is 4.99. The summed E-state index contributed by atoms with van der Waals surface area (Å²) in [6.07, 6.45) is 2.48. The number of hydrogen-bond donors (Lipinski definition) is 0. The van der Waals surface area contributed by atoms with E-state index >= 15 is 0 Å². The van der Waals surface area contributed by atoms with Crippen molar-refractivity contribution in [2.45, 2.75) is 50.0 Å². The van der Waals surface area contributed by atoms with Crippen LogP contribution in [0.15, 0.2) is 45.8 Å². The number of rotatable bonds is 7. The third-order valence-electron chi connectivity index (χ3n) is 5.88. The molecule has 2 aromatic heterocycles. The monoisotopic (exact) mass is 502 g/mol. The molecule has 186 valence electrons. The number of carbonyl (C=O) groups is 1. The molecule has 0 atom stereocenters. The second-order valence-corrected chi connectivity index (χ2v) is 10.9. The maximum absolute atomic E-state index is 14.3. The summed E-state index contributed by atoms with van der Waals surface area (Å²) in [5.74, 6) is -0.280. The molecule has 0 N–H and O–H groups in total. The lowest BCUT2D eigenvalue weighted by Crippen LogP contribution is -2.38. The summed E-state index contributed by atoms with van der Waals surface area (Å²) in [4.78, 5) is 23.1. The fraction of sp³-hybridized carbons (Fsp3) is 0.417. The van der Waals surface area contributed by atoms with Gasteiger partial charge in [-0.25, -0.2) is 12.8 Å². The summed E-state index contributed by atoms with van der Waals surface area (Å²) in [6, 6.07) is 9.14. The van der Waals surface area contributed by atoms with E-state index in [1.165, 1.54) is 12.1 Å². The van der Waals surface area contributed by atoms with Gasteiger partial charge in [-0.2, -0.15) is 4.98 Å². The Hall–Kier alpha value is -3.34. The van der Waals surface area contributed by atoms with Gasteiger partial charge >= 0.3 is 11.8 Å². The Balaban J connectivity index is 1.35. The number of benzene rings is 1. The molecule has 1 saturated heterocycles. The van der Waals surface area contributed by atoms with Crippen molar-refractivity contribution in [1.82, 2.24) is 20.0 Å². The van der Waals surface area contributed by atoms with E-state index in [2.05, 4.69) is 15.1 Å². The number of hydrogen-bond acceptors (Lipinski definition) is 8. The van der Waals surface area contributed by atoms with Gasteiger partial charge in [0.05, 0.1) is 10.6 Å². The molecule has 0 unspecified atom stereocenters. The van der Waals surface area contributed by atoms with Crippen LogP contribution in [0.5, 0.6) is 5.75 Å². The quantitative estimate of drug-likeness (QED) is 0.480. The van der Waals surface area contributed by atoms with Crippen LogP contribution in [0.2, 0.25) is 0 Å². The number of amides is 1. The standard InChI is InChI=1S/C24H27FN4O5S/c1-15(2)22-27-23(34-28-22)24(30)29-11-9-16(10-12-29)20-6-4-5-17(26-20)14-33-21-8-7-18(13-19(21)25)35(3,31)32/h4-8,13,15-16H,9-12,14H2,1-3H3. The first kappa shape index (κ1) is 24.8. The number of piperidine rings is 1.